The van der Waals surface area contributed by atoms with Crippen LogP contribution in [0.1, 0.15) is 18.4 Å². The topological polar surface area (TPSA) is 70.6 Å². The van der Waals surface area contributed by atoms with Crippen molar-refractivity contribution in [2.45, 2.75) is 25.4 Å². The van der Waals surface area contributed by atoms with Gasteiger partial charge in [-0.25, -0.2) is 4.79 Å². The van der Waals surface area contributed by atoms with Crippen LogP contribution in [0.5, 0.6) is 5.75 Å². The van der Waals surface area contributed by atoms with Crippen molar-refractivity contribution < 1.29 is 14.6 Å². The third kappa shape index (κ3) is 4.79. The molecule has 1 aromatic rings. The van der Waals surface area contributed by atoms with Crippen LogP contribution in [-0.4, -0.2) is 36.9 Å². The number of ether oxygens (including phenoxy) is 1. The second-order valence-corrected chi connectivity index (χ2v) is 4.69. The SMILES string of the molecule is O=C(NCCc1cccc(O)c1)NC[C@H]1CCCO1. The van der Waals surface area contributed by atoms with E-state index in [2.05, 4.69) is 10.6 Å². The van der Waals surface area contributed by atoms with Crippen molar-refractivity contribution in [3.8, 4) is 5.75 Å². The van der Waals surface area contributed by atoms with E-state index >= 15 is 0 Å². The minimum atomic E-state index is -0.171. The first-order valence-corrected chi connectivity index (χ1v) is 6.65. The van der Waals surface area contributed by atoms with Crippen molar-refractivity contribution in [2.24, 2.45) is 0 Å². The molecular weight excluding hydrogens is 244 g/mol. The lowest BCUT2D eigenvalue weighted by atomic mass is 10.1. The van der Waals surface area contributed by atoms with Gasteiger partial charge >= 0.3 is 6.03 Å². The Kier molecular flexibility index (Phi) is 5.03. The first-order valence-electron chi connectivity index (χ1n) is 6.65. The summed E-state index contributed by atoms with van der Waals surface area (Å²) in [6.45, 7) is 1.91. The van der Waals surface area contributed by atoms with Gasteiger partial charge in [0.2, 0.25) is 0 Å². The van der Waals surface area contributed by atoms with Crippen LogP contribution in [0.2, 0.25) is 0 Å². The highest BCUT2D eigenvalue weighted by Gasteiger charge is 2.15. The van der Waals surface area contributed by atoms with Crippen molar-refractivity contribution in [3.05, 3.63) is 29.8 Å². The Labute approximate surface area is 113 Å². The molecule has 2 amide bonds. The molecular formula is C14H20N2O3. The fourth-order valence-corrected chi connectivity index (χ4v) is 2.11. The van der Waals surface area contributed by atoms with E-state index in [1.807, 2.05) is 6.07 Å². The number of hydrogen-bond acceptors (Lipinski definition) is 3. The predicted molar refractivity (Wildman–Crippen MR) is 72.2 cm³/mol. The van der Waals surface area contributed by atoms with E-state index in [0.29, 0.717) is 19.5 Å². The van der Waals surface area contributed by atoms with E-state index in [1.165, 1.54) is 0 Å². The lowest BCUT2D eigenvalue weighted by Crippen LogP contribution is -2.40. The first kappa shape index (κ1) is 13.7. The second-order valence-electron chi connectivity index (χ2n) is 4.69. The standard InChI is InChI=1S/C14H20N2O3/c17-12-4-1-3-11(9-12)6-7-15-14(18)16-10-13-5-2-8-19-13/h1,3-4,9,13,17H,2,5-8,10H2,(H2,15,16,18)/t13-/m1/s1. The zero-order chi connectivity index (χ0) is 13.5. The zero-order valence-corrected chi connectivity index (χ0v) is 10.9. The number of carbonyl (C=O) groups excluding carboxylic acids is 1. The largest absolute Gasteiger partial charge is 0.508 e. The van der Waals surface area contributed by atoms with Gasteiger partial charge in [-0.3, -0.25) is 0 Å². The van der Waals surface area contributed by atoms with Gasteiger partial charge in [0.1, 0.15) is 5.75 Å². The van der Waals surface area contributed by atoms with Crippen LogP contribution < -0.4 is 10.6 Å². The van der Waals surface area contributed by atoms with Gasteiger partial charge in [0.15, 0.2) is 0 Å². The minimum absolute atomic E-state index is 0.164. The van der Waals surface area contributed by atoms with E-state index < -0.39 is 0 Å². The summed E-state index contributed by atoms with van der Waals surface area (Å²) in [5.41, 5.74) is 0.999. The molecule has 104 valence electrons. The van der Waals surface area contributed by atoms with Gasteiger partial charge in [-0.1, -0.05) is 12.1 Å². The van der Waals surface area contributed by atoms with Crippen LogP contribution in [0.4, 0.5) is 4.79 Å². The Hall–Kier alpha value is -1.75. The van der Waals surface area contributed by atoms with Crippen molar-refractivity contribution >= 4 is 6.03 Å². The molecule has 0 aliphatic carbocycles. The summed E-state index contributed by atoms with van der Waals surface area (Å²) in [7, 11) is 0. The Morgan fingerprint density at radius 2 is 2.32 bits per heavy atom. The minimum Gasteiger partial charge on any atom is -0.508 e. The smallest absolute Gasteiger partial charge is 0.314 e. The van der Waals surface area contributed by atoms with Crippen LogP contribution in [0.15, 0.2) is 24.3 Å². The van der Waals surface area contributed by atoms with Gasteiger partial charge in [0.25, 0.3) is 0 Å². The molecule has 19 heavy (non-hydrogen) atoms. The van der Waals surface area contributed by atoms with Gasteiger partial charge in [-0.05, 0) is 37.0 Å². The summed E-state index contributed by atoms with van der Waals surface area (Å²) in [4.78, 5) is 11.5. The molecule has 1 atom stereocenters. The number of benzene rings is 1. The van der Waals surface area contributed by atoms with Crippen LogP contribution in [0.25, 0.3) is 0 Å². The molecule has 1 aliphatic heterocycles. The highest BCUT2D eigenvalue weighted by Crippen LogP contribution is 2.11. The predicted octanol–water partition coefficient (Wildman–Crippen LogP) is 1.41. The number of hydrogen-bond donors (Lipinski definition) is 3. The third-order valence-corrected chi connectivity index (χ3v) is 3.12. The maximum absolute atomic E-state index is 11.5. The van der Waals surface area contributed by atoms with Crippen LogP contribution in [-0.2, 0) is 11.2 Å². The zero-order valence-electron chi connectivity index (χ0n) is 10.9. The van der Waals surface area contributed by atoms with Crippen molar-refractivity contribution in [1.82, 2.24) is 10.6 Å². The normalized spacial score (nSPS) is 18.2. The summed E-state index contributed by atoms with van der Waals surface area (Å²) in [5.74, 6) is 0.250. The molecule has 0 saturated carbocycles. The van der Waals surface area contributed by atoms with E-state index in [9.17, 15) is 9.90 Å². The molecule has 5 heteroatoms. The number of phenolic OH excluding ortho intramolecular Hbond substituents is 1. The average Bonchev–Trinajstić information content (AvgIpc) is 2.89. The highest BCUT2D eigenvalue weighted by molar-refractivity contribution is 5.73. The summed E-state index contributed by atoms with van der Waals surface area (Å²) in [6.07, 6.45) is 2.95. The monoisotopic (exact) mass is 264 g/mol. The molecule has 0 spiro atoms. The lowest BCUT2D eigenvalue weighted by molar-refractivity contribution is 0.111. The molecule has 0 aromatic heterocycles. The molecule has 3 N–H and O–H groups in total. The summed E-state index contributed by atoms with van der Waals surface area (Å²) >= 11 is 0. The number of aromatic hydroxyl groups is 1. The third-order valence-electron chi connectivity index (χ3n) is 3.12. The summed E-state index contributed by atoms with van der Waals surface area (Å²) in [5, 5.41) is 14.9. The summed E-state index contributed by atoms with van der Waals surface area (Å²) in [6, 6.07) is 6.88. The molecule has 0 radical (unpaired) electrons. The highest BCUT2D eigenvalue weighted by atomic mass is 16.5. The van der Waals surface area contributed by atoms with Crippen molar-refractivity contribution in [3.63, 3.8) is 0 Å². The van der Waals surface area contributed by atoms with Gasteiger partial charge in [0.05, 0.1) is 6.10 Å². The van der Waals surface area contributed by atoms with E-state index in [4.69, 9.17) is 4.74 Å². The van der Waals surface area contributed by atoms with Crippen LogP contribution >= 0.6 is 0 Å². The van der Waals surface area contributed by atoms with E-state index in [-0.39, 0.29) is 17.9 Å². The number of carbonyl (C=O) groups is 1. The quantitative estimate of drug-likeness (QED) is 0.753. The number of amides is 2. The molecule has 1 aromatic carbocycles. The van der Waals surface area contributed by atoms with Gasteiger partial charge < -0.3 is 20.5 Å². The second kappa shape index (κ2) is 6.99. The van der Waals surface area contributed by atoms with Crippen molar-refractivity contribution in [1.29, 1.82) is 0 Å². The Balaban J connectivity index is 1.60. The van der Waals surface area contributed by atoms with Crippen LogP contribution in [0.3, 0.4) is 0 Å². The van der Waals surface area contributed by atoms with Gasteiger partial charge in [0, 0.05) is 19.7 Å². The number of rotatable bonds is 5. The molecule has 0 bridgehead atoms. The molecule has 1 heterocycles. The fraction of sp³-hybridized carbons (Fsp3) is 0.500. The Bertz CT molecular complexity index is 417. The maximum Gasteiger partial charge on any atom is 0.314 e. The molecule has 1 aliphatic rings. The lowest BCUT2D eigenvalue weighted by Gasteiger charge is -2.11. The fourth-order valence-electron chi connectivity index (χ4n) is 2.11. The maximum atomic E-state index is 11.5. The Morgan fingerprint density at radius 3 is 3.05 bits per heavy atom. The Morgan fingerprint density at radius 1 is 1.42 bits per heavy atom. The van der Waals surface area contributed by atoms with Gasteiger partial charge in [-0.15, -0.1) is 0 Å². The van der Waals surface area contributed by atoms with E-state index in [1.54, 1.807) is 18.2 Å². The van der Waals surface area contributed by atoms with Gasteiger partial charge in [-0.2, -0.15) is 0 Å². The number of phenols is 1. The molecule has 0 unspecified atom stereocenters. The molecule has 1 fully saturated rings. The molecule has 1 saturated heterocycles. The van der Waals surface area contributed by atoms with E-state index in [0.717, 1.165) is 25.0 Å². The molecule has 2 rings (SSSR count). The van der Waals surface area contributed by atoms with Crippen LogP contribution in [0, 0.1) is 0 Å². The van der Waals surface area contributed by atoms with Crippen molar-refractivity contribution in [2.75, 3.05) is 19.7 Å². The average molecular weight is 264 g/mol. The summed E-state index contributed by atoms with van der Waals surface area (Å²) < 4.78 is 5.42. The number of nitrogens with one attached hydrogen (secondary N) is 2. The molecule has 5 nitrogen and oxygen atoms in total. The first-order chi connectivity index (χ1) is 9.24. The number of urea groups is 1.